The lowest BCUT2D eigenvalue weighted by Gasteiger charge is -1.51. The van der Waals surface area contributed by atoms with E-state index in [0.717, 1.165) is 0 Å². The number of nitrogens with one attached hydrogen (secondary N) is 1. The summed E-state index contributed by atoms with van der Waals surface area (Å²) in [7, 11) is -1.74. The van der Waals surface area contributed by atoms with E-state index >= 15 is 0 Å². The van der Waals surface area contributed by atoms with Crippen molar-refractivity contribution in [1.82, 2.24) is 10.4 Å². The highest BCUT2D eigenvalue weighted by molar-refractivity contribution is 7.28. The summed E-state index contributed by atoms with van der Waals surface area (Å²) in [5.41, 5.74) is 0. The van der Waals surface area contributed by atoms with Crippen molar-refractivity contribution in [2.24, 2.45) is 0 Å². The van der Waals surface area contributed by atoms with Gasteiger partial charge in [-0.2, -0.15) is 4.30 Å². The number of nitrogens with zero attached hydrogens (tertiary/aromatic N) is 1. The Bertz CT molecular complexity index is 149. The van der Waals surface area contributed by atoms with E-state index in [9.17, 15) is 4.57 Å². The van der Waals surface area contributed by atoms with Crippen LogP contribution in [0.25, 0.3) is 0 Å². The van der Waals surface area contributed by atoms with Gasteiger partial charge in [0, 0.05) is 0 Å². The SMILES string of the molecule is O=[p+]1[c-]n[nH]o1. The van der Waals surface area contributed by atoms with Crippen molar-refractivity contribution in [3.63, 3.8) is 0 Å². The minimum absolute atomic E-state index is 1.74. The van der Waals surface area contributed by atoms with Crippen LogP contribution in [-0.2, 0) is 4.57 Å². The average Bonchev–Trinajstić information content (AvgIpc) is 1.86. The molecule has 0 radical (unpaired) electrons. The van der Waals surface area contributed by atoms with Gasteiger partial charge in [-0.25, -0.2) is 0 Å². The number of hydrogen-bond donors (Lipinski definition) is 1. The van der Waals surface area contributed by atoms with Crippen LogP contribution in [0.4, 0.5) is 0 Å². The van der Waals surface area contributed by atoms with E-state index in [4.69, 9.17) is 0 Å². The van der Waals surface area contributed by atoms with Crippen LogP contribution in [0.5, 0.6) is 0 Å². The van der Waals surface area contributed by atoms with Gasteiger partial charge in [-0.15, -0.1) is 5.27 Å². The highest BCUT2D eigenvalue weighted by Crippen LogP contribution is 2.01. The van der Waals surface area contributed by atoms with E-state index in [2.05, 4.69) is 15.3 Å². The molecule has 0 spiro atoms. The Morgan fingerprint density at radius 1 is 2.00 bits per heavy atom. The first-order chi connectivity index (χ1) is 2.89. The molecule has 0 saturated carbocycles. The fourth-order valence-corrected chi connectivity index (χ4v) is 0.417. The quantitative estimate of drug-likeness (QED) is 0.489. The molecule has 0 aromatic carbocycles. The zero-order valence-corrected chi connectivity index (χ0v) is 3.61. The van der Waals surface area contributed by atoms with Gasteiger partial charge >= 0.3 is 7.65 Å². The van der Waals surface area contributed by atoms with Crippen molar-refractivity contribution in [1.29, 1.82) is 0 Å². The molecule has 1 atom stereocenters. The lowest BCUT2D eigenvalue weighted by Crippen LogP contribution is -1.54. The van der Waals surface area contributed by atoms with Crippen molar-refractivity contribution in [2.45, 2.75) is 0 Å². The summed E-state index contributed by atoms with van der Waals surface area (Å²) in [6.07, 6.45) is 0. The summed E-state index contributed by atoms with van der Waals surface area (Å²) < 4.78 is 14.0. The zero-order valence-electron chi connectivity index (χ0n) is 2.71. The molecule has 1 N–H and O–H groups in total. The second kappa shape index (κ2) is 1.22. The Hall–Kier alpha value is -0.630. The van der Waals surface area contributed by atoms with E-state index in [1.165, 1.54) is 0 Å². The monoisotopic (exact) mass is 104 g/mol. The molecule has 1 unspecified atom stereocenters. The van der Waals surface area contributed by atoms with Gasteiger partial charge in [0.2, 0.25) is 0 Å². The number of rotatable bonds is 0. The minimum Gasteiger partial charge on any atom is -0.309 e. The van der Waals surface area contributed by atoms with Crippen LogP contribution in [0, 0.1) is 5.93 Å². The molecule has 32 valence electrons. The van der Waals surface area contributed by atoms with Gasteiger partial charge in [0.25, 0.3) is 0 Å². The maximum Gasteiger partial charge on any atom is 0.451 e. The average molecular weight is 104 g/mol. The van der Waals surface area contributed by atoms with Crippen LogP contribution in [0.3, 0.4) is 0 Å². The predicted octanol–water partition coefficient (Wildman–Crippen LogP) is 0.545. The second-order valence-electron chi connectivity index (χ2n) is 0.651. The number of aromatic nitrogens is 2. The van der Waals surface area contributed by atoms with Gasteiger partial charge < -0.3 is 5.10 Å². The summed E-state index contributed by atoms with van der Waals surface area (Å²) in [6, 6.07) is 0. The summed E-state index contributed by atoms with van der Waals surface area (Å²) in [4.78, 5) is 0. The van der Waals surface area contributed by atoms with E-state index in [0.29, 0.717) is 0 Å². The molecule has 1 aromatic rings. The zero-order chi connectivity index (χ0) is 4.41. The van der Waals surface area contributed by atoms with Crippen molar-refractivity contribution in [3.05, 3.63) is 5.93 Å². The molecule has 0 saturated heterocycles. The van der Waals surface area contributed by atoms with Crippen LogP contribution in [0.2, 0.25) is 0 Å². The molecule has 0 amide bonds. The van der Waals surface area contributed by atoms with Crippen LogP contribution < -0.4 is 0 Å². The topological polar surface area (TPSA) is 58.9 Å². The summed E-state index contributed by atoms with van der Waals surface area (Å²) in [5.74, 6) is 2.12. The fraction of sp³-hybridized carbons (Fsp3) is 0. The third-order valence-corrected chi connectivity index (χ3v) is 0.812. The standard InChI is InChI=1S/CHN2O2P/c4-6-1-2-3-5-6/h3H. The first kappa shape index (κ1) is 3.56. The van der Waals surface area contributed by atoms with Crippen molar-refractivity contribution in [3.8, 4) is 0 Å². The van der Waals surface area contributed by atoms with Crippen LogP contribution in [-0.4, -0.2) is 10.4 Å². The molecule has 5 heteroatoms. The summed E-state index contributed by atoms with van der Waals surface area (Å²) >= 11 is 0. The Labute approximate surface area is 34.0 Å². The van der Waals surface area contributed by atoms with Gasteiger partial charge in [-0.1, -0.05) is 4.57 Å². The second-order valence-corrected chi connectivity index (χ2v) is 1.55. The van der Waals surface area contributed by atoms with Crippen LogP contribution in [0.1, 0.15) is 0 Å². The maximum absolute atomic E-state index is 9.90. The fourth-order valence-electron chi connectivity index (χ4n) is 0.139. The Kier molecular flexibility index (Phi) is 0.725. The maximum atomic E-state index is 9.90. The smallest absolute Gasteiger partial charge is 0.309 e. The van der Waals surface area contributed by atoms with Crippen LogP contribution >= 0.6 is 7.65 Å². The number of H-pyrrole nitrogens is 1. The Morgan fingerprint density at radius 3 is 3.00 bits per heavy atom. The normalized spacial score (nSPS) is 11.7. The van der Waals surface area contributed by atoms with Gasteiger partial charge in [0.15, 0.2) is 0 Å². The Balaban J connectivity index is 3.41. The molecule has 0 aliphatic heterocycles. The van der Waals surface area contributed by atoms with E-state index in [1.807, 2.05) is 5.27 Å². The first-order valence-corrected chi connectivity index (χ1v) is 2.42. The molecule has 0 aliphatic rings. The molecule has 4 nitrogen and oxygen atoms in total. The van der Waals surface area contributed by atoms with Gasteiger partial charge in [0.05, 0.1) is 0 Å². The van der Waals surface area contributed by atoms with Crippen LogP contribution in [0.15, 0.2) is 4.30 Å². The lowest BCUT2D eigenvalue weighted by molar-refractivity contribution is 0.444. The molecule has 0 aliphatic carbocycles. The molecule has 0 fully saturated rings. The number of aromatic amines is 1. The van der Waals surface area contributed by atoms with Crippen molar-refractivity contribution in [2.75, 3.05) is 0 Å². The van der Waals surface area contributed by atoms with Crippen molar-refractivity contribution >= 4 is 7.65 Å². The largest absolute Gasteiger partial charge is 0.451 e. The molecule has 1 aromatic heterocycles. The summed E-state index contributed by atoms with van der Waals surface area (Å²) in [6.45, 7) is 0. The van der Waals surface area contributed by atoms with E-state index in [1.54, 1.807) is 0 Å². The summed E-state index contributed by atoms with van der Waals surface area (Å²) in [5, 5.41) is 5.16. The lowest BCUT2D eigenvalue weighted by atomic mass is 11.7. The molecule has 0 bridgehead atoms. The Morgan fingerprint density at radius 2 is 2.83 bits per heavy atom. The molecule has 1 heterocycles. The van der Waals surface area contributed by atoms with E-state index < -0.39 is 7.65 Å². The van der Waals surface area contributed by atoms with Gasteiger partial charge in [-0.3, -0.25) is 0 Å². The number of hydrogen-bond acceptors (Lipinski definition) is 3. The third-order valence-electron chi connectivity index (χ3n) is 0.301. The third kappa shape index (κ3) is 0.466. The highest BCUT2D eigenvalue weighted by Gasteiger charge is 1.77. The van der Waals surface area contributed by atoms with Gasteiger partial charge in [0.1, 0.15) is 0 Å². The van der Waals surface area contributed by atoms with Crippen molar-refractivity contribution < 1.29 is 8.87 Å². The molecular weight excluding hydrogens is 103 g/mol. The molecule has 1 rings (SSSR count). The highest BCUT2D eigenvalue weighted by atomic mass is 31.1. The van der Waals surface area contributed by atoms with E-state index in [-0.39, 0.29) is 0 Å². The van der Waals surface area contributed by atoms with Gasteiger partial charge in [-0.05, 0) is 5.93 Å². The minimum atomic E-state index is -1.74. The first-order valence-electron chi connectivity index (χ1n) is 1.24. The molecular formula is CHN2O2P. The molecule has 6 heavy (non-hydrogen) atoms. The predicted molar refractivity (Wildman–Crippen MR) is 17.3 cm³/mol.